The summed E-state index contributed by atoms with van der Waals surface area (Å²) < 4.78 is 5.77. The van der Waals surface area contributed by atoms with Crippen LogP contribution in [0.3, 0.4) is 0 Å². The minimum atomic E-state index is -0.980. The van der Waals surface area contributed by atoms with Crippen molar-refractivity contribution in [3.63, 3.8) is 0 Å². The Kier molecular flexibility index (Phi) is 6.24. The lowest BCUT2D eigenvalue weighted by atomic mass is 9.95. The van der Waals surface area contributed by atoms with Gasteiger partial charge in [-0.1, -0.05) is 32.3 Å². The van der Waals surface area contributed by atoms with Gasteiger partial charge in [-0.25, -0.2) is 4.79 Å². The van der Waals surface area contributed by atoms with Gasteiger partial charge in [-0.15, -0.1) is 0 Å². The lowest BCUT2D eigenvalue weighted by Crippen LogP contribution is -2.02. The van der Waals surface area contributed by atoms with E-state index in [1.807, 2.05) is 6.92 Å². The maximum Gasteiger partial charge on any atom is 0.336 e. The summed E-state index contributed by atoms with van der Waals surface area (Å²) in [6.07, 6.45) is 4.49. The summed E-state index contributed by atoms with van der Waals surface area (Å²) in [6.45, 7) is 4.64. The van der Waals surface area contributed by atoms with Gasteiger partial charge in [0.25, 0.3) is 0 Å². The fraction of sp³-hybridized carbons (Fsp3) is 0.350. The van der Waals surface area contributed by atoms with E-state index >= 15 is 0 Å². The van der Waals surface area contributed by atoms with Crippen molar-refractivity contribution in [3.05, 3.63) is 47.5 Å². The third kappa shape index (κ3) is 4.51. The monoisotopic (exact) mass is 328 g/mol. The molecule has 0 unspecified atom stereocenters. The zero-order chi connectivity index (χ0) is 17.5. The highest BCUT2D eigenvalue weighted by molar-refractivity contribution is 5.97. The first-order chi connectivity index (χ1) is 11.5. The van der Waals surface area contributed by atoms with Crippen molar-refractivity contribution < 1.29 is 19.7 Å². The number of aromatic hydroxyl groups is 1. The third-order valence-corrected chi connectivity index (χ3v) is 3.99. The van der Waals surface area contributed by atoms with Crippen molar-refractivity contribution in [1.82, 2.24) is 0 Å². The number of phenolic OH excluding ortho intramolecular Hbond substituents is 1. The normalized spacial score (nSPS) is 10.6. The van der Waals surface area contributed by atoms with Gasteiger partial charge in [0.15, 0.2) is 0 Å². The number of aromatic carboxylic acids is 1. The zero-order valence-corrected chi connectivity index (χ0v) is 14.2. The van der Waals surface area contributed by atoms with Crippen molar-refractivity contribution >= 4 is 5.97 Å². The van der Waals surface area contributed by atoms with Gasteiger partial charge in [0.2, 0.25) is 0 Å². The number of ether oxygens (including phenoxy) is 1. The molecule has 128 valence electrons. The van der Waals surface area contributed by atoms with E-state index in [0.717, 1.165) is 24.0 Å². The summed E-state index contributed by atoms with van der Waals surface area (Å²) in [6, 6.07) is 9.96. The Bertz CT molecular complexity index is 707. The molecule has 2 aromatic rings. The summed E-state index contributed by atoms with van der Waals surface area (Å²) in [5, 5.41) is 19.0. The smallest absolute Gasteiger partial charge is 0.336 e. The van der Waals surface area contributed by atoms with Gasteiger partial charge in [-0.05, 0) is 54.8 Å². The fourth-order valence-electron chi connectivity index (χ4n) is 2.69. The molecule has 0 fully saturated rings. The van der Waals surface area contributed by atoms with Gasteiger partial charge in [-0.2, -0.15) is 0 Å². The molecular formula is C20H24O4. The summed E-state index contributed by atoms with van der Waals surface area (Å²) in [7, 11) is 0. The van der Waals surface area contributed by atoms with Crippen LogP contribution >= 0.6 is 0 Å². The van der Waals surface area contributed by atoms with Crippen LogP contribution < -0.4 is 4.74 Å². The SMILES string of the molecule is CCCCCCOc1ccc(C(=O)O)c(-c2ccc(O)cc2C)c1. The molecule has 0 aromatic heterocycles. The summed E-state index contributed by atoms with van der Waals surface area (Å²) in [5.41, 5.74) is 2.42. The molecule has 0 aliphatic carbocycles. The minimum absolute atomic E-state index is 0.163. The Balaban J connectivity index is 2.27. The lowest BCUT2D eigenvalue weighted by molar-refractivity contribution is 0.0697. The highest BCUT2D eigenvalue weighted by atomic mass is 16.5. The largest absolute Gasteiger partial charge is 0.508 e. The number of carboxylic acid groups (broad SMARTS) is 1. The van der Waals surface area contributed by atoms with Crippen molar-refractivity contribution in [2.45, 2.75) is 39.5 Å². The van der Waals surface area contributed by atoms with Crippen LogP contribution in [-0.4, -0.2) is 22.8 Å². The molecule has 4 nitrogen and oxygen atoms in total. The second kappa shape index (κ2) is 8.39. The highest BCUT2D eigenvalue weighted by Gasteiger charge is 2.15. The summed E-state index contributed by atoms with van der Waals surface area (Å²) >= 11 is 0. The molecule has 0 bridgehead atoms. The van der Waals surface area contributed by atoms with Crippen LogP contribution in [-0.2, 0) is 0 Å². The van der Waals surface area contributed by atoms with E-state index in [1.165, 1.54) is 12.8 Å². The Morgan fingerprint density at radius 2 is 1.83 bits per heavy atom. The van der Waals surface area contributed by atoms with Crippen LogP contribution in [0.25, 0.3) is 11.1 Å². The van der Waals surface area contributed by atoms with E-state index in [1.54, 1.807) is 36.4 Å². The highest BCUT2D eigenvalue weighted by Crippen LogP contribution is 2.32. The van der Waals surface area contributed by atoms with Crippen LogP contribution in [0.2, 0.25) is 0 Å². The van der Waals surface area contributed by atoms with Crippen molar-refractivity contribution in [2.24, 2.45) is 0 Å². The van der Waals surface area contributed by atoms with Gasteiger partial charge < -0.3 is 14.9 Å². The topological polar surface area (TPSA) is 66.8 Å². The number of aryl methyl sites for hydroxylation is 1. The third-order valence-electron chi connectivity index (χ3n) is 3.99. The number of carboxylic acids is 1. The second-order valence-electron chi connectivity index (χ2n) is 5.92. The van der Waals surface area contributed by atoms with E-state index in [4.69, 9.17) is 4.74 Å². The maximum absolute atomic E-state index is 11.5. The van der Waals surface area contributed by atoms with Gasteiger partial charge in [0, 0.05) is 5.56 Å². The number of benzene rings is 2. The second-order valence-corrected chi connectivity index (χ2v) is 5.92. The number of rotatable bonds is 8. The Morgan fingerprint density at radius 3 is 2.50 bits per heavy atom. The van der Waals surface area contributed by atoms with Gasteiger partial charge in [-0.3, -0.25) is 0 Å². The number of hydrogen-bond donors (Lipinski definition) is 2. The van der Waals surface area contributed by atoms with E-state index in [9.17, 15) is 15.0 Å². The molecule has 0 amide bonds. The zero-order valence-electron chi connectivity index (χ0n) is 14.2. The maximum atomic E-state index is 11.5. The molecule has 24 heavy (non-hydrogen) atoms. The molecule has 0 radical (unpaired) electrons. The first-order valence-corrected chi connectivity index (χ1v) is 8.33. The molecule has 2 aromatic carbocycles. The summed E-state index contributed by atoms with van der Waals surface area (Å²) in [4.78, 5) is 11.5. The molecular weight excluding hydrogens is 304 g/mol. The van der Waals surface area contributed by atoms with Gasteiger partial charge in [0.1, 0.15) is 11.5 Å². The van der Waals surface area contributed by atoms with Crippen LogP contribution in [0.15, 0.2) is 36.4 Å². The lowest BCUT2D eigenvalue weighted by Gasteiger charge is -2.13. The molecule has 0 saturated carbocycles. The number of unbranched alkanes of at least 4 members (excludes halogenated alkanes) is 3. The average Bonchev–Trinajstić information content (AvgIpc) is 2.54. The molecule has 0 atom stereocenters. The van der Waals surface area contributed by atoms with Crippen LogP contribution in [0, 0.1) is 6.92 Å². The number of carbonyl (C=O) groups is 1. The number of hydrogen-bond acceptors (Lipinski definition) is 3. The molecule has 0 aliphatic rings. The molecule has 2 rings (SSSR count). The number of phenols is 1. The first kappa shape index (κ1) is 17.9. The van der Waals surface area contributed by atoms with Crippen LogP contribution in [0.5, 0.6) is 11.5 Å². The Hall–Kier alpha value is -2.49. The van der Waals surface area contributed by atoms with Crippen molar-refractivity contribution in [1.29, 1.82) is 0 Å². The predicted octanol–water partition coefficient (Wildman–Crippen LogP) is 5.02. The average molecular weight is 328 g/mol. The van der Waals surface area contributed by atoms with E-state index < -0.39 is 5.97 Å². The van der Waals surface area contributed by atoms with E-state index in [-0.39, 0.29) is 11.3 Å². The quantitative estimate of drug-likeness (QED) is 0.667. The van der Waals surface area contributed by atoms with E-state index in [2.05, 4.69) is 6.92 Å². The minimum Gasteiger partial charge on any atom is -0.508 e. The van der Waals surface area contributed by atoms with Crippen LogP contribution in [0.4, 0.5) is 0 Å². The molecule has 0 aliphatic heterocycles. The molecule has 4 heteroatoms. The Morgan fingerprint density at radius 1 is 1.04 bits per heavy atom. The van der Waals surface area contributed by atoms with Crippen LogP contribution in [0.1, 0.15) is 48.5 Å². The molecule has 0 heterocycles. The predicted molar refractivity (Wildman–Crippen MR) is 94.9 cm³/mol. The molecule has 0 saturated heterocycles. The fourth-order valence-corrected chi connectivity index (χ4v) is 2.69. The molecule has 2 N–H and O–H groups in total. The standard InChI is InChI=1S/C20H24O4/c1-3-4-5-6-11-24-16-8-10-18(20(22)23)19(13-16)17-9-7-15(21)12-14(17)2/h7-10,12-13,21H,3-6,11H2,1-2H3,(H,22,23). The van der Waals surface area contributed by atoms with Gasteiger partial charge >= 0.3 is 5.97 Å². The molecule has 0 spiro atoms. The van der Waals surface area contributed by atoms with Gasteiger partial charge in [0.05, 0.1) is 12.2 Å². The first-order valence-electron chi connectivity index (χ1n) is 8.33. The van der Waals surface area contributed by atoms with Crippen molar-refractivity contribution in [2.75, 3.05) is 6.61 Å². The van der Waals surface area contributed by atoms with Crippen molar-refractivity contribution in [3.8, 4) is 22.6 Å². The Labute approximate surface area is 142 Å². The summed E-state index contributed by atoms with van der Waals surface area (Å²) in [5.74, 6) is -0.151. The van der Waals surface area contributed by atoms with E-state index in [0.29, 0.717) is 17.9 Å².